The van der Waals surface area contributed by atoms with E-state index in [0.29, 0.717) is 6.04 Å². The largest absolute Gasteiger partial charge is 0.380 e. The molecule has 3 heteroatoms. The molecule has 0 bridgehead atoms. The van der Waals surface area contributed by atoms with Gasteiger partial charge < -0.3 is 14.8 Å². The van der Waals surface area contributed by atoms with Crippen molar-refractivity contribution in [3.63, 3.8) is 0 Å². The summed E-state index contributed by atoms with van der Waals surface area (Å²) in [5.74, 6) is 0. The fourth-order valence-electron chi connectivity index (χ4n) is 1.54. The first kappa shape index (κ1) is 15.6. The Kier molecular flexibility index (Phi) is 8.53. The first-order valence-corrected chi connectivity index (χ1v) is 5.99. The smallest absolute Gasteiger partial charge is 0.0637 e. The monoisotopic (exact) mass is 229 g/mol. The lowest BCUT2D eigenvalue weighted by atomic mass is 10.00. The average Bonchev–Trinajstić information content (AvgIpc) is 2.22. The fraction of sp³-hybridized carbons (Fsp3) is 0.846. The number of ether oxygens (including phenoxy) is 2. The summed E-state index contributed by atoms with van der Waals surface area (Å²) < 4.78 is 10.8. The second-order valence-corrected chi connectivity index (χ2v) is 4.71. The molecule has 0 aliphatic rings. The molecule has 0 heterocycles. The molecule has 0 spiro atoms. The predicted octanol–water partition coefficient (Wildman–Crippen LogP) is 2.37. The van der Waals surface area contributed by atoms with E-state index in [2.05, 4.69) is 32.7 Å². The molecule has 0 radical (unpaired) electrons. The van der Waals surface area contributed by atoms with E-state index >= 15 is 0 Å². The van der Waals surface area contributed by atoms with Crippen LogP contribution in [0.1, 0.15) is 33.6 Å². The first-order valence-electron chi connectivity index (χ1n) is 5.99. The van der Waals surface area contributed by atoms with Gasteiger partial charge in [-0.3, -0.25) is 0 Å². The number of rotatable bonds is 10. The Hall–Kier alpha value is -0.380. The molecule has 16 heavy (non-hydrogen) atoms. The molecule has 0 amide bonds. The van der Waals surface area contributed by atoms with Gasteiger partial charge in [-0.25, -0.2) is 0 Å². The van der Waals surface area contributed by atoms with Crippen LogP contribution in [-0.4, -0.2) is 38.5 Å². The van der Waals surface area contributed by atoms with Gasteiger partial charge in [-0.1, -0.05) is 6.08 Å². The van der Waals surface area contributed by atoms with Gasteiger partial charge in [0.1, 0.15) is 0 Å². The van der Waals surface area contributed by atoms with E-state index in [4.69, 9.17) is 9.47 Å². The zero-order valence-corrected chi connectivity index (χ0v) is 11.2. The summed E-state index contributed by atoms with van der Waals surface area (Å²) in [4.78, 5) is 0. The highest BCUT2D eigenvalue weighted by Gasteiger charge is 2.19. The molecular formula is C13H27NO2. The molecular weight excluding hydrogens is 202 g/mol. The molecule has 1 N–H and O–H groups in total. The SMILES string of the molecule is C=CCCOCCNC(C)CC(C)(C)OC. The summed E-state index contributed by atoms with van der Waals surface area (Å²) in [5.41, 5.74) is -0.0594. The van der Waals surface area contributed by atoms with Crippen molar-refractivity contribution in [2.24, 2.45) is 0 Å². The van der Waals surface area contributed by atoms with Crippen LogP contribution >= 0.6 is 0 Å². The zero-order chi connectivity index (χ0) is 12.4. The molecule has 0 aromatic rings. The average molecular weight is 229 g/mol. The molecule has 0 aliphatic carbocycles. The minimum Gasteiger partial charge on any atom is -0.380 e. The Bertz CT molecular complexity index is 181. The van der Waals surface area contributed by atoms with Gasteiger partial charge in [-0.05, 0) is 33.6 Å². The molecule has 96 valence electrons. The molecule has 3 nitrogen and oxygen atoms in total. The van der Waals surface area contributed by atoms with E-state index in [-0.39, 0.29) is 5.60 Å². The first-order chi connectivity index (χ1) is 7.52. The summed E-state index contributed by atoms with van der Waals surface area (Å²) in [7, 11) is 1.76. The lowest BCUT2D eigenvalue weighted by molar-refractivity contribution is 0.00792. The summed E-state index contributed by atoms with van der Waals surface area (Å²) in [6, 6.07) is 0.443. The molecule has 0 aromatic heterocycles. The van der Waals surface area contributed by atoms with Gasteiger partial charge in [0, 0.05) is 19.7 Å². The van der Waals surface area contributed by atoms with E-state index in [1.54, 1.807) is 7.11 Å². The number of hydrogen-bond donors (Lipinski definition) is 1. The highest BCUT2D eigenvalue weighted by Crippen LogP contribution is 2.14. The molecule has 1 atom stereocenters. The minimum atomic E-state index is -0.0594. The lowest BCUT2D eigenvalue weighted by Gasteiger charge is -2.27. The zero-order valence-electron chi connectivity index (χ0n) is 11.2. The van der Waals surface area contributed by atoms with Crippen molar-refractivity contribution >= 4 is 0 Å². The van der Waals surface area contributed by atoms with E-state index < -0.39 is 0 Å². The van der Waals surface area contributed by atoms with Crippen LogP contribution in [0, 0.1) is 0 Å². The van der Waals surface area contributed by atoms with Gasteiger partial charge in [-0.2, -0.15) is 0 Å². The maximum absolute atomic E-state index is 5.42. The summed E-state index contributed by atoms with van der Waals surface area (Å²) in [5, 5.41) is 3.42. The Morgan fingerprint density at radius 1 is 1.38 bits per heavy atom. The van der Waals surface area contributed by atoms with Crippen molar-refractivity contribution < 1.29 is 9.47 Å². The van der Waals surface area contributed by atoms with E-state index in [9.17, 15) is 0 Å². The Morgan fingerprint density at radius 2 is 2.06 bits per heavy atom. The van der Waals surface area contributed by atoms with Gasteiger partial charge in [0.25, 0.3) is 0 Å². The van der Waals surface area contributed by atoms with E-state index in [1.165, 1.54) is 0 Å². The van der Waals surface area contributed by atoms with Crippen LogP contribution in [0.25, 0.3) is 0 Å². The number of hydrogen-bond acceptors (Lipinski definition) is 3. The van der Waals surface area contributed by atoms with Crippen LogP contribution in [0.15, 0.2) is 12.7 Å². The second-order valence-electron chi connectivity index (χ2n) is 4.71. The standard InChI is InChI=1S/C13H27NO2/c1-6-7-9-16-10-8-14-12(2)11-13(3,4)15-5/h6,12,14H,1,7-11H2,2-5H3. The predicted molar refractivity (Wildman–Crippen MR) is 68.8 cm³/mol. The normalized spacial score (nSPS) is 13.8. The molecule has 0 aliphatic heterocycles. The van der Waals surface area contributed by atoms with Gasteiger partial charge in [0.05, 0.1) is 18.8 Å². The third-order valence-corrected chi connectivity index (χ3v) is 2.56. The number of nitrogens with one attached hydrogen (secondary N) is 1. The highest BCUT2D eigenvalue weighted by atomic mass is 16.5. The molecule has 0 fully saturated rings. The third-order valence-electron chi connectivity index (χ3n) is 2.56. The number of methoxy groups -OCH3 is 1. The third kappa shape index (κ3) is 8.89. The Morgan fingerprint density at radius 3 is 2.62 bits per heavy atom. The molecule has 0 saturated heterocycles. The Labute approximate surface area is 100 Å². The topological polar surface area (TPSA) is 30.5 Å². The van der Waals surface area contributed by atoms with Crippen LogP contribution in [0.4, 0.5) is 0 Å². The van der Waals surface area contributed by atoms with Crippen LogP contribution in [0.2, 0.25) is 0 Å². The Balaban J connectivity index is 3.43. The van der Waals surface area contributed by atoms with E-state index in [1.807, 2.05) is 6.08 Å². The fourth-order valence-corrected chi connectivity index (χ4v) is 1.54. The van der Waals surface area contributed by atoms with Crippen LogP contribution in [0.3, 0.4) is 0 Å². The maximum atomic E-state index is 5.42. The molecule has 0 rings (SSSR count). The summed E-state index contributed by atoms with van der Waals surface area (Å²) >= 11 is 0. The van der Waals surface area contributed by atoms with Crippen molar-refractivity contribution in [2.75, 3.05) is 26.9 Å². The molecule has 0 saturated carbocycles. The van der Waals surface area contributed by atoms with Gasteiger partial charge in [0.2, 0.25) is 0 Å². The van der Waals surface area contributed by atoms with Gasteiger partial charge in [-0.15, -0.1) is 6.58 Å². The van der Waals surface area contributed by atoms with Crippen molar-refractivity contribution in [3.05, 3.63) is 12.7 Å². The van der Waals surface area contributed by atoms with Crippen molar-refractivity contribution in [2.45, 2.75) is 45.3 Å². The lowest BCUT2D eigenvalue weighted by Crippen LogP contribution is -2.37. The van der Waals surface area contributed by atoms with Crippen LogP contribution in [0.5, 0.6) is 0 Å². The van der Waals surface area contributed by atoms with Gasteiger partial charge >= 0.3 is 0 Å². The van der Waals surface area contributed by atoms with Crippen LogP contribution < -0.4 is 5.32 Å². The summed E-state index contributed by atoms with van der Waals surface area (Å²) in [6.07, 6.45) is 3.79. The molecule has 0 aromatic carbocycles. The van der Waals surface area contributed by atoms with Crippen molar-refractivity contribution in [1.29, 1.82) is 0 Å². The maximum Gasteiger partial charge on any atom is 0.0637 e. The van der Waals surface area contributed by atoms with Crippen LogP contribution in [-0.2, 0) is 9.47 Å². The van der Waals surface area contributed by atoms with Gasteiger partial charge in [0.15, 0.2) is 0 Å². The van der Waals surface area contributed by atoms with E-state index in [0.717, 1.165) is 32.6 Å². The summed E-state index contributed by atoms with van der Waals surface area (Å²) in [6.45, 7) is 12.4. The second kappa shape index (κ2) is 8.74. The minimum absolute atomic E-state index is 0.0594. The molecule has 1 unspecified atom stereocenters. The van der Waals surface area contributed by atoms with Crippen molar-refractivity contribution in [3.8, 4) is 0 Å². The quantitative estimate of drug-likeness (QED) is 0.461. The highest BCUT2D eigenvalue weighted by molar-refractivity contribution is 4.75. The van der Waals surface area contributed by atoms with Crippen molar-refractivity contribution in [1.82, 2.24) is 5.32 Å².